The third-order valence-electron chi connectivity index (χ3n) is 7.37. The zero-order valence-electron chi connectivity index (χ0n) is 23.6. The van der Waals surface area contributed by atoms with E-state index in [1.54, 1.807) is 0 Å². The lowest BCUT2D eigenvalue weighted by Crippen LogP contribution is -2.44. The fraction of sp³-hybridized carbons (Fsp3) is 0.543. The largest absolute Gasteiger partial charge is 0.291 e. The number of benzene rings is 2. The Balaban J connectivity index is 1.75. The lowest BCUT2D eigenvalue weighted by atomic mass is 9.93. The van der Waals surface area contributed by atoms with Crippen LogP contribution in [0.3, 0.4) is 0 Å². The smallest absolute Gasteiger partial charge is 0.0175 e. The second-order valence-electron chi connectivity index (χ2n) is 11.0. The van der Waals surface area contributed by atoms with Gasteiger partial charge in [-0.15, -0.1) is 0 Å². The van der Waals surface area contributed by atoms with Crippen molar-refractivity contribution in [2.45, 2.75) is 110 Å². The van der Waals surface area contributed by atoms with E-state index in [1.165, 1.54) is 94.6 Å². The molecule has 0 saturated heterocycles. The molecule has 0 saturated carbocycles. The van der Waals surface area contributed by atoms with Crippen molar-refractivity contribution in [3.8, 4) is 0 Å². The van der Waals surface area contributed by atoms with Crippen LogP contribution in [0.25, 0.3) is 12.2 Å². The van der Waals surface area contributed by atoms with E-state index >= 15 is 0 Å². The Hall–Kier alpha value is -2.12. The number of hydrogen-bond donors (Lipinski definition) is 0. The maximum atomic E-state index is 2.63. The highest BCUT2D eigenvalue weighted by Gasteiger charge is 2.24. The van der Waals surface area contributed by atoms with Crippen molar-refractivity contribution in [2.24, 2.45) is 0 Å². The molecular formula is C35H53N. The lowest BCUT2D eigenvalue weighted by Gasteiger charge is -2.38. The summed E-state index contributed by atoms with van der Waals surface area (Å²) in [6.45, 7) is 9.10. The van der Waals surface area contributed by atoms with Crippen molar-refractivity contribution in [1.82, 2.24) is 4.90 Å². The summed E-state index contributed by atoms with van der Waals surface area (Å²) in [5, 5.41) is 0. The van der Waals surface area contributed by atoms with Gasteiger partial charge in [0, 0.05) is 18.6 Å². The van der Waals surface area contributed by atoms with Crippen LogP contribution in [-0.4, -0.2) is 23.5 Å². The molecule has 0 bridgehead atoms. The van der Waals surface area contributed by atoms with E-state index in [4.69, 9.17) is 0 Å². The molecule has 0 amide bonds. The molecule has 0 aliphatic rings. The fourth-order valence-electron chi connectivity index (χ4n) is 4.89. The quantitative estimate of drug-likeness (QED) is 0.168. The summed E-state index contributed by atoms with van der Waals surface area (Å²) in [6, 6.07) is 21.3. The van der Waals surface area contributed by atoms with Gasteiger partial charge in [0.2, 0.25) is 0 Å². The molecule has 198 valence electrons. The summed E-state index contributed by atoms with van der Waals surface area (Å²) in [5.41, 5.74) is 2.73. The third kappa shape index (κ3) is 13.8. The average Bonchev–Trinajstić information content (AvgIpc) is 2.89. The molecular weight excluding hydrogens is 434 g/mol. The highest BCUT2D eigenvalue weighted by molar-refractivity contribution is 5.49. The highest BCUT2D eigenvalue weighted by atomic mass is 15.2. The molecule has 0 heterocycles. The van der Waals surface area contributed by atoms with Gasteiger partial charge >= 0.3 is 0 Å². The van der Waals surface area contributed by atoms with Crippen LogP contribution in [0, 0.1) is 0 Å². The Bertz CT molecular complexity index is 767. The van der Waals surface area contributed by atoms with Gasteiger partial charge in [-0.1, -0.05) is 169 Å². The zero-order valence-corrected chi connectivity index (χ0v) is 23.6. The van der Waals surface area contributed by atoms with Gasteiger partial charge in [-0.3, -0.25) is 4.90 Å². The van der Waals surface area contributed by atoms with E-state index in [0.717, 1.165) is 13.1 Å². The first-order chi connectivity index (χ1) is 17.6. The number of nitrogens with zero attached hydrogens (tertiary/aromatic N) is 1. The molecule has 0 unspecified atom stereocenters. The summed E-state index contributed by atoms with van der Waals surface area (Å²) in [4.78, 5) is 2.63. The fourth-order valence-corrected chi connectivity index (χ4v) is 4.89. The summed E-state index contributed by atoms with van der Waals surface area (Å²) < 4.78 is 0. The molecule has 36 heavy (non-hydrogen) atoms. The van der Waals surface area contributed by atoms with Crippen LogP contribution in [0.15, 0.2) is 72.8 Å². The lowest BCUT2D eigenvalue weighted by molar-refractivity contribution is 0.139. The monoisotopic (exact) mass is 487 g/mol. The molecule has 0 aliphatic heterocycles. The van der Waals surface area contributed by atoms with Crippen molar-refractivity contribution in [1.29, 1.82) is 0 Å². The summed E-state index contributed by atoms with van der Waals surface area (Å²) in [7, 11) is 0. The Kier molecular flexibility index (Phi) is 15.9. The minimum atomic E-state index is 0.181. The molecule has 2 aromatic carbocycles. The van der Waals surface area contributed by atoms with Crippen LogP contribution in [0.1, 0.15) is 115 Å². The summed E-state index contributed by atoms with van der Waals surface area (Å²) in [5.74, 6) is 0. The van der Waals surface area contributed by atoms with Crippen LogP contribution in [-0.2, 0) is 0 Å². The van der Waals surface area contributed by atoms with Crippen molar-refractivity contribution in [3.05, 3.63) is 83.9 Å². The molecule has 0 N–H and O–H groups in total. The topological polar surface area (TPSA) is 3.24 Å². The predicted octanol–water partition coefficient (Wildman–Crippen LogP) is 10.6. The second kappa shape index (κ2) is 19.1. The van der Waals surface area contributed by atoms with Gasteiger partial charge in [-0.25, -0.2) is 0 Å². The minimum absolute atomic E-state index is 0.181. The Morgan fingerprint density at radius 2 is 0.944 bits per heavy atom. The molecule has 0 atom stereocenters. The predicted molar refractivity (Wildman–Crippen MR) is 162 cm³/mol. The Morgan fingerprint density at radius 1 is 0.556 bits per heavy atom. The molecule has 0 radical (unpaired) electrons. The van der Waals surface area contributed by atoms with E-state index in [1.807, 2.05) is 0 Å². The normalized spacial score (nSPS) is 12.3. The van der Waals surface area contributed by atoms with Gasteiger partial charge in [0.1, 0.15) is 0 Å². The summed E-state index contributed by atoms with van der Waals surface area (Å²) in [6.07, 6.45) is 27.3. The molecule has 2 rings (SSSR count). The Labute approximate surface area is 223 Å². The van der Waals surface area contributed by atoms with Crippen LogP contribution in [0.5, 0.6) is 0 Å². The Morgan fingerprint density at radius 3 is 1.36 bits per heavy atom. The summed E-state index contributed by atoms with van der Waals surface area (Å²) >= 11 is 0. The van der Waals surface area contributed by atoms with Gasteiger partial charge in [-0.2, -0.15) is 0 Å². The van der Waals surface area contributed by atoms with Crippen LogP contribution < -0.4 is 0 Å². The van der Waals surface area contributed by atoms with Gasteiger partial charge in [0.15, 0.2) is 0 Å². The zero-order chi connectivity index (χ0) is 25.7. The van der Waals surface area contributed by atoms with Gasteiger partial charge in [-0.05, 0) is 31.4 Å². The van der Waals surface area contributed by atoms with E-state index in [9.17, 15) is 0 Å². The van der Waals surface area contributed by atoms with E-state index < -0.39 is 0 Å². The molecule has 0 aliphatic carbocycles. The van der Waals surface area contributed by atoms with Crippen molar-refractivity contribution in [3.63, 3.8) is 0 Å². The van der Waals surface area contributed by atoms with Crippen molar-refractivity contribution >= 4 is 12.2 Å². The number of unbranched alkanes of at least 4 members (excludes halogenated alkanes) is 11. The van der Waals surface area contributed by atoms with Gasteiger partial charge in [0.05, 0.1) is 0 Å². The molecule has 1 heteroatoms. The maximum Gasteiger partial charge on any atom is 0.0175 e. The average molecular weight is 488 g/mol. The van der Waals surface area contributed by atoms with Crippen LogP contribution >= 0.6 is 0 Å². The molecule has 2 aromatic rings. The minimum Gasteiger partial charge on any atom is -0.291 e. The molecule has 0 spiro atoms. The van der Waals surface area contributed by atoms with E-state index in [-0.39, 0.29) is 5.54 Å². The SMILES string of the molecule is CCCCCCCCCCCCCCC(C)(C)N(C/C=C/c1ccccc1)C/C=C/c1ccccc1. The van der Waals surface area contributed by atoms with Crippen molar-refractivity contribution in [2.75, 3.05) is 13.1 Å². The van der Waals surface area contributed by atoms with Crippen LogP contribution in [0.2, 0.25) is 0 Å². The molecule has 0 fully saturated rings. The number of hydrogen-bond acceptors (Lipinski definition) is 1. The second-order valence-corrected chi connectivity index (χ2v) is 11.0. The molecule has 0 aromatic heterocycles. The first kappa shape index (κ1) is 30.1. The van der Waals surface area contributed by atoms with E-state index in [0.29, 0.717) is 0 Å². The maximum absolute atomic E-state index is 2.63. The van der Waals surface area contributed by atoms with Crippen molar-refractivity contribution < 1.29 is 0 Å². The van der Waals surface area contributed by atoms with Gasteiger partial charge < -0.3 is 0 Å². The van der Waals surface area contributed by atoms with Gasteiger partial charge in [0.25, 0.3) is 0 Å². The third-order valence-corrected chi connectivity index (χ3v) is 7.37. The number of rotatable bonds is 20. The first-order valence-electron chi connectivity index (χ1n) is 14.8. The van der Waals surface area contributed by atoms with E-state index in [2.05, 4.69) is 111 Å². The highest BCUT2D eigenvalue weighted by Crippen LogP contribution is 2.23. The standard InChI is InChI=1S/C35H53N/c1-4-5-6-7-8-9-10-11-12-13-14-21-30-35(2,3)36(31-22-28-33-24-17-15-18-25-33)32-23-29-34-26-19-16-20-27-34/h15-20,22-29H,4-14,21,30-32H2,1-3H3/b28-22+,29-23+. The molecule has 1 nitrogen and oxygen atoms in total. The first-order valence-corrected chi connectivity index (χ1v) is 14.8. The van der Waals surface area contributed by atoms with Crippen LogP contribution in [0.4, 0.5) is 0 Å².